The molecule has 0 fully saturated rings. The molecule has 3 nitrogen and oxygen atoms in total. The van der Waals surface area contributed by atoms with Crippen LogP contribution in [-0.2, 0) is 0 Å². The molecule has 0 saturated carbocycles. The summed E-state index contributed by atoms with van der Waals surface area (Å²) in [7, 11) is 0. The Hall–Kier alpha value is -1.81. The second-order valence-electron chi connectivity index (χ2n) is 3.50. The lowest BCUT2D eigenvalue weighted by Gasteiger charge is -1.83. The zero-order chi connectivity index (χ0) is 11.7. The fraction of sp³-hybridized carbons (Fsp3) is 0. The number of rotatable bonds is 2. The highest BCUT2D eigenvalue weighted by molar-refractivity contribution is 9.10. The van der Waals surface area contributed by atoms with Crippen molar-refractivity contribution in [3.63, 3.8) is 0 Å². The number of aromatic nitrogens is 1. The molecule has 0 saturated heterocycles. The van der Waals surface area contributed by atoms with Crippen LogP contribution in [0.3, 0.4) is 0 Å². The molecule has 0 unspecified atom stereocenters. The number of fused-ring (bicyclic) bond motifs is 1. The summed E-state index contributed by atoms with van der Waals surface area (Å²) in [4.78, 5) is 4.33. The van der Waals surface area contributed by atoms with Crippen LogP contribution in [0.4, 0.5) is 0 Å². The van der Waals surface area contributed by atoms with Crippen molar-refractivity contribution < 1.29 is 8.83 Å². The molecule has 0 aliphatic rings. The predicted octanol–water partition coefficient (Wildman–Crippen LogP) is 4.35. The molecule has 0 bridgehead atoms. The Morgan fingerprint density at radius 2 is 1.88 bits per heavy atom. The number of benzene rings is 1. The van der Waals surface area contributed by atoms with E-state index in [2.05, 4.69) is 20.9 Å². The van der Waals surface area contributed by atoms with Gasteiger partial charge in [-0.15, -0.1) is 0 Å². The van der Waals surface area contributed by atoms with Crippen molar-refractivity contribution in [3.8, 4) is 0 Å². The fourth-order valence-corrected chi connectivity index (χ4v) is 1.85. The van der Waals surface area contributed by atoms with Crippen molar-refractivity contribution in [1.82, 2.24) is 4.98 Å². The molecular weight excluding hydrogens is 282 g/mol. The molecular formula is C13H8BrNO2. The Morgan fingerprint density at radius 3 is 2.65 bits per heavy atom. The van der Waals surface area contributed by atoms with Gasteiger partial charge in [0, 0.05) is 6.08 Å². The van der Waals surface area contributed by atoms with Crippen LogP contribution < -0.4 is 0 Å². The molecule has 0 amide bonds. The van der Waals surface area contributed by atoms with Gasteiger partial charge in [-0.05, 0) is 46.3 Å². The summed E-state index contributed by atoms with van der Waals surface area (Å²) in [5.74, 6) is 1.32. The van der Waals surface area contributed by atoms with Crippen LogP contribution in [0.25, 0.3) is 23.3 Å². The SMILES string of the molecule is Brc1ccc(/C=C/c2nc3ccccc3o2)o1. The van der Waals surface area contributed by atoms with Crippen LogP contribution >= 0.6 is 15.9 Å². The minimum atomic E-state index is 0.568. The van der Waals surface area contributed by atoms with Crippen LogP contribution in [0.15, 0.2) is 49.9 Å². The zero-order valence-corrected chi connectivity index (χ0v) is 10.3. The van der Waals surface area contributed by atoms with Crippen molar-refractivity contribution in [1.29, 1.82) is 0 Å². The van der Waals surface area contributed by atoms with Crippen molar-refractivity contribution in [2.75, 3.05) is 0 Å². The first-order valence-corrected chi connectivity index (χ1v) is 5.89. The Labute approximate surface area is 106 Å². The van der Waals surface area contributed by atoms with Crippen LogP contribution in [0.5, 0.6) is 0 Å². The quantitative estimate of drug-likeness (QED) is 0.704. The standard InChI is InChI=1S/C13H8BrNO2/c14-12-7-5-9(16-12)6-8-13-15-10-3-1-2-4-11(10)17-13/h1-8H/b8-6+. The minimum absolute atomic E-state index is 0.568. The third-order valence-electron chi connectivity index (χ3n) is 2.29. The van der Waals surface area contributed by atoms with E-state index >= 15 is 0 Å². The number of halogens is 1. The molecule has 2 heterocycles. The van der Waals surface area contributed by atoms with Gasteiger partial charge in [0.2, 0.25) is 5.89 Å². The smallest absolute Gasteiger partial charge is 0.220 e. The van der Waals surface area contributed by atoms with Crippen molar-refractivity contribution in [3.05, 3.63) is 52.7 Å². The maximum Gasteiger partial charge on any atom is 0.220 e. The lowest BCUT2D eigenvalue weighted by molar-refractivity contribution is 0.531. The maximum absolute atomic E-state index is 5.55. The first-order chi connectivity index (χ1) is 8.31. The van der Waals surface area contributed by atoms with Gasteiger partial charge in [0.25, 0.3) is 0 Å². The Kier molecular flexibility index (Phi) is 2.57. The highest BCUT2D eigenvalue weighted by Crippen LogP contribution is 2.18. The topological polar surface area (TPSA) is 39.2 Å². The van der Waals surface area contributed by atoms with Crippen molar-refractivity contribution in [2.24, 2.45) is 0 Å². The lowest BCUT2D eigenvalue weighted by Crippen LogP contribution is -1.68. The summed E-state index contributed by atoms with van der Waals surface area (Å²) in [6.45, 7) is 0. The number of oxazole rings is 1. The van der Waals surface area contributed by atoms with E-state index < -0.39 is 0 Å². The Bertz CT molecular complexity index is 648. The monoisotopic (exact) mass is 289 g/mol. The molecule has 3 rings (SSSR count). The first kappa shape index (κ1) is 10.4. The van der Waals surface area contributed by atoms with E-state index in [4.69, 9.17) is 8.83 Å². The molecule has 4 heteroatoms. The number of nitrogens with zero attached hydrogens (tertiary/aromatic N) is 1. The van der Waals surface area contributed by atoms with Crippen LogP contribution in [0.2, 0.25) is 0 Å². The van der Waals surface area contributed by atoms with E-state index in [9.17, 15) is 0 Å². The second-order valence-corrected chi connectivity index (χ2v) is 4.28. The third kappa shape index (κ3) is 2.17. The predicted molar refractivity (Wildman–Crippen MR) is 69.3 cm³/mol. The zero-order valence-electron chi connectivity index (χ0n) is 8.76. The highest BCUT2D eigenvalue weighted by atomic mass is 79.9. The molecule has 0 aliphatic heterocycles. The van der Waals surface area contributed by atoms with Gasteiger partial charge in [-0.1, -0.05) is 12.1 Å². The summed E-state index contributed by atoms with van der Waals surface area (Å²) >= 11 is 3.25. The van der Waals surface area contributed by atoms with E-state index in [1.807, 2.05) is 42.5 Å². The van der Waals surface area contributed by atoms with Crippen molar-refractivity contribution in [2.45, 2.75) is 0 Å². The number of hydrogen-bond donors (Lipinski definition) is 0. The summed E-state index contributed by atoms with van der Waals surface area (Å²) in [6.07, 6.45) is 3.60. The molecule has 0 spiro atoms. The van der Waals surface area contributed by atoms with Crippen LogP contribution in [-0.4, -0.2) is 4.98 Å². The summed E-state index contributed by atoms with van der Waals surface area (Å²) in [5, 5.41) is 0. The molecule has 0 aliphatic carbocycles. The van der Waals surface area contributed by atoms with E-state index in [0.717, 1.165) is 16.9 Å². The molecule has 17 heavy (non-hydrogen) atoms. The summed E-state index contributed by atoms with van der Waals surface area (Å²) in [6, 6.07) is 11.4. The van der Waals surface area contributed by atoms with E-state index in [0.29, 0.717) is 10.6 Å². The van der Waals surface area contributed by atoms with Crippen molar-refractivity contribution >= 4 is 39.2 Å². The van der Waals surface area contributed by atoms with Gasteiger partial charge in [0.1, 0.15) is 11.3 Å². The molecule has 1 aromatic carbocycles. The van der Waals surface area contributed by atoms with E-state index in [1.54, 1.807) is 6.08 Å². The summed E-state index contributed by atoms with van der Waals surface area (Å²) in [5.41, 5.74) is 1.64. The van der Waals surface area contributed by atoms with Crippen LogP contribution in [0.1, 0.15) is 11.7 Å². The van der Waals surface area contributed by atoms with Gasteiger partial charge in [-0.2, -0.15) is 0 Å². The Morgan fingerprint density at radius 1 is 1.00 bits per heavy atom. The second kappa shape index (κ2) is 4.22. The van der Waals surface area contributed by atoms with Gasteiger partial charge < -0.3 is 8.83 Å². The normalized spacial score (nSPS) is 11.6. The lowest BCUT2D eigenvalue weighted by atomic mass is 10.3. The molecule has 84 valence electrons. The van der Waals surface area contributed by atoms with Gasteiger partial charge in [0.15, 0.2) is 10.3 Å². The maximum atomic E-state index is 5.55. The third-order valence-corrected chi connectivity index (χ3v) is 2.72. The molecule has 0 radical (unpaired) electrons. The van der Waals surface area contributed by atoms with Gasteiger partial charge >= 0.3 is 0 Å². The Balaban J connectivity index is 1.92. The average molecular weight is 290 g/mol. The molecule has 2 aromatic heterocycles. The van der Waals surface area contributed by atoms with E-state index in [-0.39, 0.29) is 0 Å². The summed E-state index contributed by atoms with van der Waals surface area (Å²) < 4.78 is 11.6. The number of hydrogen-bond acceptors (Lipinski definition) is 3. The van der Waals surface area contributed by atoms with E-state index in [1.165, 1.54) is 0 Å². The average Bonchev–Trinajstić information content (AvgIpc) is 2.91. The minimum Gasteiger partial charge on any atom is -0.450 e. The molecule has 0 atom stereocenters. The van der Waals surface area contributed by atoms with Gasteiger partial charge in [-0.25, -0.2) is 4.98 Å². The molecule has 3 aromatic rings. The molecule has 0 N–H and O–H groups in total. The fourth-order valence-electron chi connectivity index (χ4n) is 1.53. The largest absolute Gasteiger partial charge is 0.450 e. The van der Waals surface area contributed by atoms with Crippen LogP contribution in [0, 0.1) is 0 Å². The van der Waals surface area contributed by atoms with Gasteiger partial charge in [-0.3, -0.25) is 0 Å². The van der Waals surface area contributed by atoms with Gasteiger partial charge in [0.05, 0.1) is 0 Å². The first-order valence-electron chi connectivity index (χ1n) is 5.10. The highest BCUT2D eigenvalue weighted by Gasteiger charge is 2.01. The number of furan rings is 1. The number of para-hydroxylation sites is 2.